The molecule has 2 heteroatoms. The van der Waals surface area contributed by atoms with Gasteiger partial charge in [-0.15, -0.1) is 0 Å². The van der Waals surface area contributed by atoms with Gasteiger partial charge in [-0.1, -0.05) is 50.1 Å². The Balaban J connectivity index is 2.59. The van der Waals surface area contributed by atoms with E-state index in [1.165, 1.54) is 25.3 Å². The van der Waals surface area contributed by atoms with Crippen LogP contribution in [0.5, 0.6) is 0 Å². The molecule has 0 bridgehead atoms. The highest BCUT2D eigenvalue weighted by molar-refractivity contribution is 5.65. The van der Waals surface area contributed by atoms with E-state index in [1.807, 2.05) is 18.2 Å². The second-order valence-corrected chi connectivity index (χ2v) is 4.05. The lowest BCUT2D eigenvalue weighted by Gasteiger charge is -2.16. The molecule has 0 aliphatic rings. The molecular weight excluding hydrogens is 200 g/mol. The Bertz CT molecular complexity index is 306. The maximum atomic E-state index is 10.8. The van der Waals surface area contributed by atoms with Crippen LogP contribution in [0.15, 0.2) is 30.3 Å². The van der Waals surface area contributed by atoms with Crippen LogP contribution in [0.3, 0.4) is 0 Å². The number of benzene rings is 1. The molecule has 1 aromatic carbocycles. The number of rotatable bonds is 6. The normalized spacial score (nSPS) is 12.1. The van der Waals surface area contributed by atoms with E-state index in [1.54, 1.807) is 0 Å². The lowest BCUT2D eigenvalue weighted by atomic mass is 9.94. The second kappa shape index (κ2) is 7.04. The molecule has 0 N–H and O–H groups in total. The molecule has 0 spiro atoms. The van der Waals surface area contributed by atoms with Crippen molar-refractivity contribution in [3.63, 3.8) is 0 Å². The van der Waals surface area contributed by atoms with Gasteiger partial charge in [0, 0.05) is 12.8 Å². The van der Waals surface area contributed by atoms with Crippen LogP contribution in [0.1, 0.15) is 44.6 Å². The van der Waals surface area contributed by atoms with Gasteiger partial charge in [0.05, 0.1) is 6.61 Å². The Labute approximate surface area is 97.6 Å². The van der Waals surface area contributed by atoms with Crippen molar-refractivity contribution in [1.82, 2.24) is 0 Å². The van der Waals surface area contributed by atoms with Crippen LogP contribution in [0.2, 0.25) is 0 Å². The zero-order chi connectivity index (χ0) is 11.8. The summed E-state index contributed by atoms with van der Waals surface area (Å²) in [5, 5.41) is 0. The molecule has 0 saturated heterocycles. The summed E-state index contributed by atoms with van der Waals surface area (Å²) in [4.78, 5) is 10.8. The molecule has 0 aliphatic heterocycles. The SMILES string of the molecule is CCCCC(COC(C)=O)c1ccccc1. The summed E-state index contributed by atoms with van der Waals surface area (Å²) in [5.74, 6) is 0.141. The van der Waals surface area contributed by atoms with Crippen LogP contribution in [0.25, 0.3) is 0 Å². The summed E-state index contributed by atoms with van der Waals surface area (Å²) in [5.41, 5.74) is 1.26. The second-order valence-electron chi connectivity index (χ2n) is 4.05. The van der Waals surface area contributed by atoms with Gasteiger partial charge >= 0.3 is 5.97 Å². The van der Waals surface area contributed by atoms with Crippen molar-refractivity contribution < 1.29 is 9.53 Å². The van der Waals surface area contributed by atoms with E-state index in [-0.39, 0.29) is 5.97 Å². The molecule has 0 fully saturated rings. The van der Waals surface area contributed by atoms with Gasteiger partial charge in [0.15, 0.2) is 0 Å². The number of unbranched alkanes of at least 4 members (excludes halogenated alkanes) is 1. The van der Waals surface area contributed by atoms with E-state index < -0.39 is 0 Å². The van der Waals surface area contributed by atoms with Crippen LogP contribution < -0.4 is 0 Å². The minimum Gasteiger partial charge on any atom is -0.465 e. The third-order valence-electron chi connectivity index (χ3n) is 2.66. The molecule has 0 heterocycles. The summed E-state index contributed by atoms with van der Waals surface area (Å²) in [6.07, 6.45) is 3.41. The summed E-state index contributed by atoms with van der Waals surface area (Å²) >= 11 is 0. The standard InChI is InChI=1S/C14H20O2/c1-3-4-8-14(11-16-12(2)15)13-9-6-5-7-10-13/h5-7,9-10,14H,3-4,8,11H2,1-2H3. The molecule has 2 nitrogen and oxygen atoms in total. The topological polar surface area (TPSA) is 26.3 Å². The minimum atomic E-state index is -0.197. The molecule has 0 aromatic heterocycles. The van der Waals surface area contributed by atoms with Crippen molar-refractivity contribution in [3.8, 4) is 0 Å². The lowest BCUT2D eigenvalue weighted by molar-refractivity contribution is -0.141. The molecule has 0 aliphatic carbocycles. The molecule has 1 atom stereocenters. The summed E-state index contributed by atoms with van der Waals surface area (Å²) in [7, 11) is 0. The van der Waals surface area contributed by atoms with Crippen molar-refractivity contribution in [2.75, 3.05) is 6.61 Å². The fraction of sp³-hybridized carbons (Fsp3) is 0.500. The third-order valence-corrected chi connectivity index (χ3v) is 2.66. The first-order valence-corrected chi connectivity index (χ1v) is 5.92. The minimum absolute atomic E-state index is 0.197. The van der Waals surface area contributed by atoms with Gasteiger partial charge < -0.3 is 4.74 Å². The monoisotopic (exact) mass is 220 g/mol. The average Bonchev–Trinajstić information content (AvgIpc) is 2.30. The largest absolute Gasteiger partial charge is 0.465 e. The molecule has 1 unspecified atom stereocenters. The summed E-state index contributed by atoms with van der Waals surface area (Å²) < 4.78 is 5.12. The predicted molar refractivity (Wildman–Crippen MR) is 65.3 cm³/mol. The summed E-state index contributed by atoms with van der Waals surface area (Å²) in [6, 6.07) is 10.3. The maximum absolute atomic E-state index is 10.8. The first-order valence-electron chi connectivity index (χ1n) is 5.92. The van der Waals surface area contributed by atoms with E-state index in [2.05, 4.69) is 19.1 Å². The van der Waals surface area contributed by atoms with Crippen LogP contribution in [0, 0.1) is 0 Å². The van der Waals surface area contributed by atoms with E-state index >= 15 is 0 Å². The predicted octanol–water partition coefficient (Wildman–Crippen LogP) is 3.52. The quantitative estimate of drug-likeness (QED) is 0.686. The number of esters is 1. The van der Waals surface area contributed by atoms with Crippen molar-refractivity contribution in [1.29, 1.82) is 0 Å². The Kier molecular flexibility index (Phi) is 5.62. The Morgan fingerprint density at radius 1 is 1.31 bits per heavy atom. The molecule has 0 radical (unpaired) electrons. The molecule has 1 aromatic rings. The molecule has 0 saturated carbocycles. The average molecular weight is 220 g/mol. The van der Waals surface area contributed by atoms with Crippen molar-refractivity contribution in [3.05, 3.63) is 35.9 Å². The van der Waals surface area contributed by atoms with Crippen molar-refractivity contribution in [2.45, 2.75) is 39.0 Å². The number of carbonyl (C=O) groups is 1. The summed E-state index contributed by atoms with van der Waals surface area (Å²) in [6.45, 7) is 4.13. The van der Waals surface area contributed by atoms with Gasteiger partial charge in [0.2, 0.25) is 0 Å². The Morgan fingerprint density at radius 2 is 2.00 bits per heavy atom. The van der Waals surface area contributed by atoms with Crippen LogP contribution in [0.4, 0.5) is 0 Å². The molecule has 16 heavy (non-hydrogen) atoms. The maximum Gasteiger partial charge on any atom is 0.302 e. The van der Waals surface area contributed by atoms with Crippen LogP contribution in [-0.4, -0.2) is 12.6 Å². The fourth-order valence-corrected chi connectivity index (χ4v) is 1.74. The molecule has 88 valence electrons. The highest BCUT2D eigenvalue weighted by Crippen LogP contribution is 2.22. The van der Waals surface area contributed by atoms with E-state index in [0.29, 0.717) is 12.5 Å². The zero-order valence-electron chi connectivity index (χ0n) is 10.1. The van der Waals surface area contributed by atoms with Gasteiger partial charge in [-0.2, -0.15) is 0 Å². The number of hydrogen-bond donors (Lipinski definition) is 0. The van der Waals surface area contributed by atoms with Gasteiger partial charge in [-0.3, -0.25) is 4.79 Å². The van der Waals surface area contributed by atoms with E-state index in [4.69, 9.17) is 4.74 Å². The molecule has 1 rings (SSSR count). The van der Waals surface area contributed by atoms with Gasteiger partial charge in [0.1, 0.15) is 0 Å². The Hall–Kier alpha value is -1.31. The van der Waals surface area contributed by atoms with Crippen molar-refractivity contribution in [2.24, 2.45) is 0 Å². The zero-order valence-corrected chi connectivity index (χ0v) is 10.1. The van der Waals surface area contributed by atoms with Crippen LogP contribution in [-0.2, 0) is 9.53 Å². The number of hydrogen-bond acceptors (Lipinski definition) is 2. The highest BCUT2D eigenvalue weighted by atomic mass is 16.5. The third kappa shape index (κ3) is 4.47. The first kappa shape index (κ1) is 12.8. The fourth-order valence-electron chi connectivity index (χ4n) is 1.74. The number of carbonyl (C=O) groups excluding carboxylic acids is 1. The van der Waals surface area contributed by atoms with E-state index in [9.17, 15) is 4.79 Å². The lowest BCUT2D eigenvalue weighted by Crippen LogP contribution is -2.10. The smallest absolute Gasteiger partial charge is 0.302 e. The van der Waals surface area contributed by atoms with E-state index in [0.717, 1.165) is 6.42 Å². The van der Waals surface area contributed by atoms with Gasteiger partial charge in [-0.05, 0) is 12.0 Å². The van der Waals surface area contributed by atoms with Crippen LogP contribution >= 0.6 is 0 Å². The first-order chi connectivity index (χ1) is 7.74. The molecule has 0 amide bonds. The van der Waals surface area contributed by atoms with Gasteiger partial charge in [-0.25, -0.2) is 0 Å². The number of ether oxygens (including phenoxy) is 1. The molecular formula is C14H20O2. The van der Waals surface area contributed by atoms with Gasteiger partial charge in [0.25, 0.3) is 0 Å². The van der Waals surface area contributed by atoms with Crippen molar-refractivity contribution >= 4 is 5.97 Å². The highest BCUT2D eigenvalue weighted by Gasteiger charge is 2.12. The Morgan fingerprint density at radius 3 is 2.56 bits per heavy atom.